The van der Waals surface area contributed by atoms with Gasteiger partial charge in [0, 0.05) is 11.4 Å². The fraction of sp³-hybridized carbons (Fsp3) is 0.259. The second-order valence-electron chi connectivity index (χ2n) is 8.54. The van der Waals surface area contributed by atoms with Crippen LogP contribution in [0.4, 0.5) is 5.00 Å². The van der Waals surface area contributed by atoms with Crippen LogP contribution in [0.25, 0.3) is 0 Å². The third-order valence-corrected chi connectivity index (χ3v) is 7.95. The van der Waals surface area contributed by atoms with Crippen LogP contribution in [0.3, 0.4) is 0 Å². The molecule has 0 bridgehead atoms. The molecule has 36 heavy (non-hydrogen) atoms. The van der Waals surface area contributed by atoms with Crippen LogP contribution in [-0.4, -0.2) is 27.8 Å². The number of hydrogen-bond donors (Lipinski definition) is 2. The predicted molar refractivity (Wildman–Crippen MR) is 141 cm³/mol. The number of benzene rings is 2. The molecule has 0 aliphatic heterocycles. The maximum Gasteiger partial charge on any atom is 0.277 e. The number of hydrogen-bond acceptors (Lipinski definition) is 7. The largest absolute Gasteiger partial charge is 0.416 e. The zero-order valence-electron chi connectivity index (χ0n) is 19.7. The van der Waals surface area contributed by atoms with Crippen LogP contribution in [0.5, 0.6) is 0 Å². The fourth-order valence-corrected chi connectivity index (χ4v) is 6.07. The third kappa shape index (κ3) is 6.03. The number of nitrogens with one attached hydrogen (secondary N) is 2. The van der Waals surface area contributed by atoms with Gasteiger partial charge in [0.1, 0.15) is 5.00 Å². The maximum atomic E-state index is 13.2. The minimum absolute atomic E-state index is 0.112. The summed E-state index contributed by atoms with van der Waals surface area (Å²) in [7, 11) is 0. The van der Waals surface area contributed by atoms with E-state index in [-0.39, 0.29) is 17.6 Å². The number of aromatic nitrogens is 2. The van der Waals surface area contributed by atoms with Gasteiger partial charge >= 0.3 is 0 Å². The maximum absolute atomic E-state index is 13.2. The molecule has 1 aliphatic rings. The second-order valence-corrected chi connectivity index (χ2v) is 10.6. The van der Waals surface area contributed by atoms with Gasteiger partial charge in [0.25, 0.3) is 11.1 Å². The summed E-state index contributed by atoms with van der Waals surface area (Å²) < 4.78 is 5.69. The molecule has 2 heterocycles. The fourth-order valence-electron chi connectivity index (χ4n) is 4.19. The Morgan fingerprint density at radius 1 is 0.944 bits per heavy atom. The van der Waals surface area contributed by atoms with E-state index >= 15 is 0 Å². The van der Waals surface area contributed by atoms with Gasteiger partial charge in [-0.25, -0.2) is 0 Å². The van der Waals surface area contributed by atoms with E-state index in [9.17, 15) is 9.59 Å². The van der Waals surface area contributed by atoms with Crippen LogP contribution in [-0.2, 0) is 30.6 Å². The lowest BCUT2D eigenvalue weighted by Gasteiger charge is -2.13. The van der Waals surface area contributed by atoms with Crippen molar-refractivity contribution >= 4 is 39.9 Å². The Balaban J connectivity index is 1.22. The zero-order chi connectivity index (χ0) is 24.7. The van der Waals surface area contributed by atoms with Crippen LogP contribution in [0, 0.1) is 0 Å². The van der Waals surface area contributed by atoms with Crippen molar-refractivity contribution in [3.8, 4) is 0 Å². The molecule has 9 heteroatoms. The minimum atomic E-state index is -0.210. The molecule has 0 saturated carbocycles. The zero-order valence-corrected chi connectivity index (χ0v) is 21.3. The van der Waals surface area contributed by atoms with E-state index in [2.05, 4.69) is 20.8 Å². The van der Waals surface area contributed by atoms with Gasteiger partial charge in [-0.1, -0.05) is 72.4 Å². The molecule has 2 aromatic carbocycles. The van der Waals surface area contributed by atoms with Gasteiger partial charge in [-0.05, 0) is 42.4 Å². The SMILES string of the molecule is O=C(CSc1nnc(Cc2ccccc2)o1)Nc1sc2c(c1C(=O)NCc1ccccc1)CCCC2. The smallest absolute Gasteiger partial charge is 0.277 e. The predicted octanol–water partition coefficient (Wildman–Crippen LogP) is 5.26. The van der Waals surface area contributed by atoms with Crippen LogP contribution in [0.1, 0.15) is 50.7 Å². The van der Waals surface area contributed by atoms with Gasteiger partial charge < -0.3 is 15.1 Å². The molecule has 7 nitrogen and oxygen atoms in total. The molecule has 1 aliphatic carbocycles. The number of thiophene rings is 1. The van der Waals surface area contributed by atoms with Crippen LogP contribution >= 0.6 is 23.1 Å². The number of carbonyl (C=O) groups excluding carboxylic acids is 2. The van der Waals surface area contributed by atoms with Crippen molar-refractivity contribution in [3.63, 3.8) is 0 Å². The average molecular weight is 519 g/mol. The lowest BCUT2D eigenvalue weighted by molar-refractivity contribution is -0.113. The molecule has 2 N–H and O–H groups in total. The Bertz CT molecular complexity index is 1340. The summed E-state index contributed by atoms with van der Waals surface area (Å²) in [6, 6.07) is 19.7. The number of rotatable bonds is 9. The van der Waals surface area contributed by atoms with Crippen molar-refractivity contribution in [2.45, 2.75) is 43.9 Å². The number of carbonyl (C=O) groups is 2. The number of fused-ring (bicyclic) bond motifs is 1. The first kappa shape index (κ1) is 24.3. The molecule has 184 valence electrons. The molecule has 0 unspecified atom stereocenters. The van der Waals surface area contributed by atoms with Crippen LogP contribution < -0.4 is 10.6 Å². The molecule has 0 fully saturated rings. The van der Waals surface area contributed by atoms with E-state index in [1.165, 1.54) is 28.0 Å². The molecule has 2 aromatic heterocycles. The highest BCUT2D eigenvalue weighted by Gasteiger charge is 2.26. The third-order valence-electron chi connectivity index (χ3n) is 5.92. The molecule has 0 radical (unpaired) electrons. The summed E-state index contributed by atoms with van der Waals surface area (Å²) in [5.41, 5.74) is 3.78. The Hall–Kier alpha value is -3.43. The van der Waals surface area contributed by atoms with Gasteiger partial charge in [0.15, 0.2) is 0 Å². The number of anilines is 1. The normalized spacial score (nSPS) is 12.7. The monoisotopic (exact) mass is 518 g/mol. The van der Waals surface area contributed by atoms with E-state index in [0.29, 0.717) is 34.6 Å². The van der Waals surface area contributed by atoms with Crippen molar-refractivity contribution in [2.75, 3.05) is 11.1 Å². The summed E-state index contributed by atoms with van der Waals surface area (Å²) in [5.74, 6) is 0.259. The van der Waals surface area contributed by atoms with Gasteiger partial charge in [-0.3, -0.25) is 9.59 Å². The number of aryl methyl sites for hydroxylation is 1. The van der Waals surface area contributed by atoms with Crippen molar-refractivity contribution in [2.24, 2.45) is 0 Å². The van der Waals surface area contributed by atoms with Gasteiger partial charge in [-0.15, -0.1) is 21.5 Å². The average Bonchev–Trinajstić information content (AvgIpc) is 3.51. The van der Waals surface area contributed by atoms with Crippen molar-refractivity contribution < 1.29 is 14.0 Å². The van der Waals surface area contributed by atoms with Gasteiger partial charge in [0.05, 0.1) is 17.7 Å². The summed E-state index contributed by atoms with van der Waals surface area (Å²) in [6.07, 6.45) is 4.49. The van der Waals surface area contributed by atoms with E-state index < -0.39 is 0 Å². The van der Waals surface area contributed by atoms with Crippen molar-refractivity contribution in [1.82, 2.24) is 15.5 Å². The first-order valence-corrected chi connectivity index (χ1v) is 13.7. The molecular formula is C27H26N4O3S2. The molecule has 5 rings (SSSR count). The number of thioether (sulfide) groups is 1. The second kappa shape index (κ2) is 11.5. The highest BCUT2D eigenvalue weighted by atomic mass is 32.2. The molecular weight excluding hydrogens is 492 g/mol. The molecule has 4 aromatic rings. The number of nitrogens with zero attached hydrogens (tertiary/aromatic N) is 2. The summed E-state index contributed by atoms with van der Waals surface area (Å²) in [5, 5.41) is 15.1. The quantitative estimate of drug-likeness (QED) is 0.293. The Morgan fingerprint density at radius 3 is 2.44 bits per heavy atom. The van der Waals surface area contributed by atoms with E-state index in [0.717, 1.165) is 42.4 Å². The van der Waals surface area contributed by atoms with Crippen LogP contribution in [0.15, 0.2) is 70.3 Å². The lowest BCUT2D eigenvalue weighted by Crippen LogP contribution is -2.25. The Labute approximate surface area is 217 Å². The van der Waals surface area contributed by atoms with E-state index in [4.69, 9.17) is 4.42 Å². The summed E-state index contributed by atoms with van der Waals surface area (Å²) >= 11 is 2.70. The minimum Gasteiger partial charge on any atom is -0.416 e. The Morgan fingerprint density at radius 2 is 1.67 bits per heavy atom. The van der Waals surface area contributed by atoms with Crippen molar-refractivity contribution in [1.29, 1.82) is 0 Å². The first-order chi connectivity index (χ1) is 17.7. The summed E-state index contributed by atoms with van der Waals surface area (Å²) in [4.78, 5) is 27.2. The molecule has 2 amide bonds. The highest BCUT2D eigenvalue weighted by Crippen LogP contribution is 2.38. The van der Waals surface area contributed by atoms with E-state index in [1.54, 1.807) is 0 Å². The van der Waals surface area contributed by atoms with Crippen LogP contribution in [0.2, 0.25) is 0 Å². The number of amides is 2. The molecule has 0 saturated heterocycles. The van der Waals surface area contributed by atoms with Gasteiger partial charge in [-0.2, -0.15) is 0 Å². The summed E-state index contributed by atoms with van der Waals surface area (Å²) in [6.45, 7) is 0.440. The van der Waals surface area contributed by atoms with E-state index in [1.807, 2.05) is 60.7 Å². The highest BCUT2D eigenvalue weighted by molar-refractivity contribution is 7.99. The molecule has 0 atom stereocenters. The standard InChI is InChI=1S/C27H26N4O3S2/c32-22(17-35-27-31-30-23(34-27)15-18-9-3-1-4-10-18)29-26-24(20-13-7-8-14-21(20)36-26)25(33)28-16-19-11-5-2-6-12-19/h1-6,9-12H,7-8,13-17H2,(H,28,33)(H,29,32). The van der Waals surface area contributed by atoms with Crippen molar-refractivity contribution in [3.05, 3.63) is 93.7 Å². The first-order valence-electron chi connectivity index (χ1n) is 11.9. The lowest BCUT2D eigenvalue weighted by atomic mass is 9.95. The Kier molecular flexibility index (Phi) is 7.78. The molecule has 0 spiro atoms. The van der Waals surface area contributed by atoms with Gasteiger partial charge in [0.2, 0.25) is 11.8 Å². The topological polar surface area (TPSA) is 97.1 Å².